The molecule has 0 aliphatic heterocycles. The fourth-order valence-corrected chi connectivity index (χ4v) is 1.79. The first-order valence-corrected chi connectivity index (χ1v) is 7.08. The van der Waals surface area contributed by atoms with Gasteiger partial charge in [0, 0.05) is 6.42 Å². The number of carbonyl (C=O) groups excluding carboxylic acids is 1. The van der Waals surface area contributed by atoms with Crippen LogP contribution in [-0.2, 0) is 9.53 Å². The lowest BCUT2D eigenvalue weighted by atomic mass is 9.85. The van der Waals surface area contributed by atoms with Gasteiger partial charge in [0.25, 0.3) is 0 Å². The van der Waals surface area contributed by atoms with Crippen molar-refractivity contribution in [2.45, 2.75) is 58.5 Å². The lowest BCUT2D eigenvalue weighted by Gasteiger charge is -2.33. The van der Waals surface area contributed by atoms with E-state index in [0.29, 0.717) is 6.42 Å². The third-order valence-corrected chi connectivity index (χ3v) is 3.60. The SMILES string of the molecule is CCCCCCCC(=O)OC(C)C(CO)(CO)CO. The predicted molar refractivity (Wildman–Crippen MR) is 72.6 cm³/mol. The molecule has 0 amide bonds. The number of hydrogen-bond donors (Lipinski definition) is 3. The van der Waals surface area contributed by atoms with Crippen molar-refractivity contribution in [3.8, 4) is 0 Å². The molecule has 0 heterocycles. The Kier molecular flexibility index (Phi) is 9.83. The Balaban J connectivity index is 4.03. The number of rotatable bonds is 11. The average molecular weight is 276 g/mol. The second-order valence-electron chi connectivity index (χ2n) is 5.13. The molecule has 0 rings (SSSR count). The lowest BCUT2D eigenvalue weighted by molar-refractivity contribution is -0.163. The summed E-state index contributed by atoms with van der Waals surface area (Å²) in [5.41, 5.74) is -1.17. The molecule has 0 bridgehead atoms. The van der Waals surface area contributed by atoms with Crippen LogP contribution in [0, 0.1) is 5.41 Å². The summed E-state index contributed by atoms with van der Waals surface area (Å²) in [6.45, 7) is 2.44. The van der Waals surface area contributed by atoms with E-state index in [1.54, 1.807) is 6.92 Å². The predicted octanol–water partition coefficient (Wildman–Crippen LogP) is 1.24. The zero-order valence-electron chi connectivity index (χ0n) is 12.1. The maximum atomic E-state index is 11.6. The number of carbonyl (C=O) groups is 1. The van der Waals surface area contributed by atoms with E-state index in [1.807, 2.05) is 0 Å². The van der Waals surface area contributed by atoms with Crippen LogP contribution in [-0.4, -0.2) is 47.2 Å². The molecule has 0 saturated heterocycles. The summed E-state index contributed by atoms with van der Waals surface area (Å²) < 4.78 is 5.18. The quantitative estimate of drug-likeness (QED) is 0.390. The van der Waals surface area contributed by atoms with Gasteiger partial charge in [-0.15, -0.1) is 0 Å². The van der Waals surface area contributed by atoms with Gasteiger partial charge in [-0.25, -0.2) is 0 Å². The first-order chi connectivity index (χ1) is 9.06. The molecule has 0 radical (unpaired) electrons. The van der Waals surface area contributed by atoms with E-state index >= 15 is 0 Å². The Morgan fingerprint density at radius 2 is 1.58 bits per heavy atom. The van der Waals surface area contributed by atoms with Crippen LogP contribution in [0.25, 0.3) is 0 Å². The summed E-state index contributed by atoms with van der Waals surface area (Å²) in [7, 11) is 0. The standard InChI is InChI=1S/C14H28O5/c1-3-4-5-6-7-8-13(18)19-12(2)14(9-15,10-16)11-17/h12,15-17H,3-11H2,1-2H3. The highest BCUT2D eigenvalue weighted by molar-refractivity contribution is 5.69. The number of ether oxygens (including phenoxy) is 1. The van der Waals surface area contributed by atoms with Crippen molar-refractivity contribution in [1.82, 2.24) is 0 Å². The van der Waals surface area contributed by atoms with E-state index < -0.39 is 31.3 Å². The molecule has 114 valence electrons. The number of unbranched alkanes of at least 4 members (excludes halogenated alkanes) is 4. The average Bonchev–Trinajstić information content (AvgIpc) is 2.41. The fraction of sp³-hybridized carbons (Fsp3) is 0.929. The summed E-state index contributed by atoms with van der Waals surface area (Å²) in [6, 6.07) is 0. The molecule has 5 heteroatoms. The highest BCUT2D eigenvalue weighted by Crippen LogP contribution is 2.23. The van der Waals surface area contributed by atoms with Crippen LogP contribution >= 0.6 is 0 Å². The highest BCUT2D eigenvalue weighted by Gasteiger charge is 2.37. The number of hydrogen-bond acceptors (Lipinski definition) is 5. The van der Waals surface area contributed by atoms with Crippen LogP contribution in [0.15, 0.2) is 0 Å². The number of esters is 1. The monoisotopic (exact) mass is 276 g/mol. The van der Waals surface area contributed by atoms with E-state index in [4.69, 9.17) is 4.74 Å². The normalized spacial score (nSPS) is 13.3. The maximum absolute atomic E-state index is 11.6. The van der Waals surface area contributed by atoms with Gasteiger partial charge in [-0.3, -0.25) is 4.79 Å². The van der Waals surface area contributed by atoms with Crippen LogP contribution in [0.2, 0.25) is 0 Å². The largest absolute Gasteiger partial charge is 0.462 e. The molecule has 0 fully saturated rings. The molecule has 0 aromatic rings. The van der Waals surface area contributed by atoms with Gasteiger partial charge in [0.15, 0.2) is 0 Å². The molecule has 5 nitrogen and oxygen atoms in total. The minimum atomic E-state index is -1.17. The van der Waals surface area contributed by atoms with Crippen LogP contribution in [0.4, 0.5) is 0 Å². The van der Waals surface area contributed by atoms with Crippen LogP contribution < -0.4 is 0 Å². The van der Waals surface area contributed by atoms with Crippen molar-refractivity contribution in [3.05, 3.63) is 0 Å². The summed E-state index contributed by atoms with van der Waals surface area (Å²) in [6.07, 6.45) is 4.87. The van der Waals surface area contributed by atoms with Gasteiger partial charge in [0.1, 0.15) is 6.10 Å². The second-order valence-corrected chi connectivity index (χ2v) is 5.13. The molecule has 0 saturated carbocycles. The maximum Gasteiger partial charge on any atom is 0.306 e. The van der Waals surface area contributed by atoms with Gasteiger partial charge >= 0.3 is 5.97 Å². The minimum Gasteiger partial charge on any atom is -0.462 e. The fourth-order valence-electron chi connectivity index (χ4n) is 1.79. The highest BCUT2D eigenvalue weighted by atomic mass is 16.5. The number of aliphatic hydroxyl groups excluding tert-OH is 3. The van der Waals surface area contributed by atoms with Crippen LogP contribution in [0.1, 0.15) is 52.4 Å². The van der Waals surface area contributed by atoms with E-state index in [2.05, 4.69) is 6.92 Å². The summed E-state index contributed by atoms with van der Waals surface area (Å²) in [5, 5.41) is 27.7. The zero-order chi connectivity index (χ0) is 14.7. The first-order valence-electron chi connectivity index (χ1n) is 7.08. The molecule has 0 aromatic heterocycles. The summed E-state index contributed by atoms with van der Waals surface area (Å²) in [5.74, 6) is -0.344. The van der Waals surface area contributed by atoms with Crippen molar-refractivity contribution in [1.29, 1.82) is 0 Å². The molecule has 0 aliphatic rings. The van der Waals surface area contributed by atoms with Gasteiger partial charge < -0.3 is 20.1 Å². The number of aliphatic hydroxyl groups is 3. The Morgan fingerprint density at radius 3 is 2.05 bits per heavy atom. The zero-order valence-corrected chi connectivity index (χ0v) is 12.1. The van der Waals surface area contributed by atoms with Crippen molar-refractivity contribution in [3.63, 3.8) is 0 Å². The van der Waals surface area contributed by atoms with E-state index in [9.17, 15) is 20.1 Å². The molecule has 1 atom stereocenters. The van der Waals surface area contributed by atoms with Gasteiger partial charge in [0.05, 0.1) is 25.2 Å². The van der Waals surface area contributed by atoms with Gasteiger partial charge in [-0.2, -0.15) is 0 Å². The Morgan fingerprint density at radius 1 is 1.05 bits per heavy atom. The van der Waals surface area contributed by atoms with Crippen molar-refractivity contribution in [2.24, 2.45) is 5.41 Å². The lowest BCUT2D eigenvalue weighted by Crippen LogP contribution is -2.45. The second kappa shape index (κ2) is 10.2. The topological polar surface area (TPSA) is 87.0 Å². The molecule has 0 aromatic carbocycles. The Bertz CT molecular complexity index is 230. The summed E-state index contributed by atoms with van der Waals surface area (Å²) >= 11 is 0. The molecule has 1 unspecified atom stereocenters. The smallest absolute Gasteiger partial charge is 0.306 e. The van der Waals surface area contributed by atoms with Crippen LogP contribution in [0.3, 0.4) is 0 Å². The minimum absolute atomic E-state index is 0.340. The third-order valence-electron chi connectivity index (χ3n) is 3.60. The Hall–Kier alpha value is -0.650. The van der Waals surface area contributed by atoms with Crippen LogP contribution in [0.5, 0.6) is 0 Å². The first kappa shape index (κ1) is 18.4. The van der Waals surface area contributed by atoms with E-state index in [0.717, 1.165) is 25.7 Å². The van der Waals surface area contributed by atoms with Crippen molar-refractivity contribution >= 4 is 5.97 Å². The summed E-state index contributed by atoms with van der Waals surface area (Å²) in [4.78, 5) is 11.6. The molecule has 19 heavy (non-hydrogen) atoms. The van der Waals surface area contributed by atoms with E-state index in [1.165, 1.54) is 6.42 Å². The van der Waals surface area contributed by atoms with Gasteiger partial charge in [-0.1, -0.05) is 32.6 Å². The molecule has 0 spiro atoms. The van der Waals surface area contributed by atoms with Gasteiger partial charge in [0.2, 0.25) is 0 Å². The molecule has 3 N–H and O–H groups in total. The molecular weight excluding hydrogens is 248 g/mol. The third kappa shape index (κ3) is 6.36. The van der Waals surface area contributed by atoms with Gasteiger partial charge in [-0.05, 0) is 13.3 Å². The van der Waals surface area contributed by atoms with Crippen molar-refractivity contribution in [2.75, 3.05) is 19.8 Å². The van der Waals surface area contributed by atoms with E-state index in [-0.39, 0.29) is 5.97 Å². The molecule has 0 aliphatic carbocycles. The Labute approximate surface area is 115 Å². The van der Waals surface area contributed by atoms with Crippen molar-refractivity contribution < 1.29 is 24.9 Å². The molecular formula is C14H28O5.